The average molecular weight is 1140 g/mol. The van der Waals surface area contributed by atoms with E-state index < -0.39 is 13.3 Å². The van der Waals surface area contributed by atoms with E-state index in [2.05, 4.69) is 261 Å². The summed E-state index contributed by atoms with van der Waals surface area (Å²) >= 11 is 0. The van der Waals surface area contributed by atoms with Crippen LogP contribution in [-0.2, 0) is 31.9 Å². The van der Waals surface area contributed by atoms with Gasteiger partial charge in [0, 0.05) is 77.9 Å². The molecule has 3 aliphatic rings. The predicted molar refractivity (Wildman–Crippen MR) is 298 cm³/mol. The van der Waals surface area contributed by atoms with Crippen LogP contribution in [0.5, 0.6) is 11.5 Å². The van der Waals surface area contributed by atoms with Crippen molar-refractivity contribution in [3.63, 3.8) is 0 Å². The van der Waals surface area contributed by atoms with Crippen molar-refractivity contribution in [3.05, 3.63) is 259 Å². The third kappa shape index (κ3) is 6.86. The first-order valence-corrected chi connectivity index (χ1v) is 26.5. The second-order valence-electron chi connectivity index (χ2n) is 20.1. The maximum absolute atomic E-state index is 7.17. The molecule has 0 amide bonds. The third-order valence-corrected chi connectivity index (χ3v) is 17.3. The summed E-state index contributed by atoms with van der Waals surface area (Å²) in [6.45, 7) is 11.4. The summed E-state index contributed by atoms with van der Waals surface area (Å²) < 4.78 is 9.48. The maximum Gasteiger partial charge on any atom is 0.135 e. The minimum Gasteiger partial charge on any atom is -0.509 e. The number of fused-ring (bicyclic) bond motifs is 7. The molecule has 0 N–H and O–H groups in total. The van der Waals surface area contributed by atoms with Crippen molar-refractivity contribution in [1.82, 2.24) is 9.55 Å². The van der Waals surface area contributed by atoms with Crippen molar-refractivity contribution in [1.29, 1.82) is 0 Å². The van der Waals surface area contributed by atoms with Gasteiger partial charge >= 0.3 is 0 Å². The fraction of sp³-hybridized carbons (Fsp3) is 0.0909. The molecule has 0 unspecified atom stereocenters. The Labute approximate surface area is 442 Å². The number of ether oxygens (including phenoxy) is 1. The van der Waals surface area contributed by atoms with Crippen LogP contribution in [0.2, 0.25) is 0 Å². The average Bonchev–Trinajstić information content (AvgIpc) is 4.08. The van der Waals surface area contributed by atoms with Gasteiger partial charge in [-0.2, -0.15) is 6.07 Å². The van der Waals surface area contributed by atoms with Crippen LogP contribution < -0.4 is 25.1 Å². The molecule has 1 aliphatic carbocycles. The zero-order valence-electron chi connectivity index (χ0n) is 40.7. The van der Waals surface area contributed by atoms with Crippen molar-refractivity contribution < 1.29 is 25.8 Å². The van der Waals surface area contributed by atoms with Crippen molar-refractivity contribution >= 4 is 63.1 Å². The van der Waals surface area contributed by atoms with Gasteiger partial charge in [-0.15, -0.1) is 48.3 Å². The Morgan fingerprint density at radius 3 is 1.81 bits per heavy atom. The van der Waals surface area contributed by atoms with Crippen LogP contribution >= 0.6 is 7.92 Å². The van der Waals surface area contributed by atoms with Gasteiger partial charge in [0.25, 0.3) is 0 Å². The second kappa shape index (κ2) is 17.3. The molecule has 5 nitrogen and oxygen atoms in total. The van der Waals surface area contributed by atoms with E-state index in [1.165, 1.54) is 49.2 Å². The molecular weight excluding hydrogens is 1090 g/mol. The molecular formula is C66H48N4OPPt-3. The predicted octanol–water partition coefficient (Wildman–Crippen LogP) is 15.7. The smallest absolute Gasteiger partial charge is 0.135 e. The Morgan fingerprint density at radius 1 is 0.548 bits per heavy atom. The zero-order chi connectivity index (χ0) is 48.3. The quantitative estimate of drug-likeness (QED) is 0.118. The molecule has 356 valence electrons. The fourth-order valence-electron chi connectivity index (χ4n) is 11.9. The van der Waals surface area contributed by atoms with E-state index in [9.17, 15) is 0 Å². The molecule has 2 aromatic heterocycles. The number of rotatable bonds is 7. The van der Waals surface area contributed by atoms with Crippen LogP contribution in [0.15, 0.2) is 212 Å². The van der Waals surface area contributed by atoms with Gasteiger partial charge in [-0.3, -0.25) is 0 Å². The number of hydrogen-bond donors (Lipinski definition) is 0. The molecule has 0 fully saturated rings. The first-order valence-electron chi connectivity index (χ1n) is 24.7. The monoisotopic (exact) mass is 1140 g/mol. The molecule has 4 heterocycles. The first-order chi connectivity index (χ1) is 35.3. The topological polar surface area (TPSA) is 33.5 Å². The molecule has 0 saturated carbocycles. The molecule has 0 bridgehead atoms. The van der Waals surface area contributed by atoms with Crippen LogP contribution in [0.4, 0.5) is 22.7 Å². The van der Waals surface area contributed by atoms with Crippen LogP contribution in [0.1, 0.15) is 48.6 Å². The molecule has 2 aliphatic heterocycles. The van der Waals surface area contributed by atoms with Crippen molar-refractivity contribution in [2.24, 2.45) is 0 Å². The summed E-state index contributed by atoms with van der Waals surface area (Å²) in [5, 5.41) is 5.24. The van der Waals surface area contributed by atoms with Gasteiger partial charge in [0.05, 0.1) is 0 Å². The van der Waals surface area contributed by atoms with E-state index >= 15 is 0 Å². The number of anilines is 4. The number of hydrogen-bond acceptors (Lipinski definition) is 4. The summed E-state index contributed by atoms with van der Waals surface area (Å²) in [6.07, 6.45) is 1.95. The number of aromatic nitrogens is 2. The molecule has 73 heavy (non-hydrogen) atoms. The van der Waals surface area contributed by atoms with Gasteiger partial charge in [-0.05, 0) is 99.7 Å². The number of para-hydroxylation sites is 3. The molecule has 7 heteroatoms. The summed E-state index contributed by atoms with van der Waals surface area (Å²) in [6, 6.07) is 82.1. The summed E-state index contributed by atoms with van der Waals surface area (Å²) in [5.41, 5.74) is 16.5. The third-order valence-electron chi connectivity index (χ3n) is 15.1. The van der Waals surface area contributed by atoms with E-state index in [1.54, 1.807) is 0 Å². The largest absolute Gasteiger partial charge is 0.509 e. The minimum absolute atomic E-state index is 0. The van der Waals surface area contributed by atoms with Gasteiger partial charge in [0.15, 0.2) is 0 Å². The Morgan fingerprint density at radius 2 is 1.14 bits per heavy atom. The molecule has 0 saturated heterocycles. The SMILES string of the molecule is CP1c2ccccc2C2(c3ccccc31)c1cc(Oc3[c-]c(N4[CH-]N(c5c(-c6ccccc6)cccc5-c5ccccc5)c5ccccc54)ccc3)[c-]c3c1c1c2cccc1n3-c1cc(C(C)(C)C)ccn1.[Pt]. The Hall–Kier alpha value is -7.55. The molecule has 9 aromatic carbocycles. The van der Waals surface area contributed by atoms with Crippen molar-refractivity contribution in [2.45, 2.75) is 31.6 Å². The summed E-state index contributed by atoms with van der Waals surface area (Å²) in [4.78, 5) is 9.64. The normalized spacial score (nSPS) is 16.2. The number of nitrogens with zero attached hydrogens (tertiary/aromatic N) is 4. The first kappa shape index (κ1) is 45.3. The fourth-order valence-corrected chi connectivity index (χ4v) is 14.0. The van der Waals surface area contributed by atoms with Crippen LogP contribution in [0.25, 0.3) is 49.9 Å². The van der Waals surface area contributed by atoms with Crippen LogP contribution in [0.3, 0.4) is 0 Å². The molecule has 0 radical (unpaired) electrons. The summed E-state index contributed by atoms with van der Waals surface area (Å²) in [5.74, 6) is 2.08. The zero-order valence-corrected chi connectivity index (χ0v) is 43.9. The van der Waals surface area contributed by atoms with E-state index in [0.29, 0.717) is 11.5 Å². The Kier molecular flexibility index (Phi) is 10.7. The van der Waals surface area contributed by atoms with Crippen LogP contribution in [-0.4, -0.2) is 16.2 Å². The Bertz CT molecular complexity index is 3870. The van der Waals surface area contributed by atoms with E-state index in [1.807, 2.05) is 12.3 Å². The maximum atomic E-state index is 7.17. The van der Waals surface area contributed by atoms with E-state index in [-0.39, 0.29) is 26.5 Å². The number of pyridine rings is 1. The van der Waals surface area contributed by atoms with Gasteiger partial charge in [0.2, 0.25) is 0 Å². The molecule has 14 rings (SSSR count). The minimum atomic E-state index is -0.593. The van der Waals surface area contributed by atoms with E-state index in [4.69, 9.17) is 9.72 Å². The summed E-state index contributed by atoms with van der Waals surface area (Å²) in [7, 11) is -0.593. The second-order valence-corrected chi connectivity index (χ2v) is 22.2. The Balaban J connectivity index is 0.00000516. The number of benzene rings is 9. The van der Waals surface area contributed by atoms with E-state index in [0.717, 1.165) is 61.9 Å². The molecule has 1 spiro atoms. The molecule has 0 atom stereocenters. The molecule has 11 aromatic rings. The van der Waals surface area contributed by atoms with Gasteiger partial charge < -0.3 is 19.1 Å². The van der Waals surface area contributed by atoms with Gasteiger partial charge in [-0.1, -0.05) is 183 Å². The van der Waals surface area contributed by atoms with Gasteiger partial charge in [0.1, 0.15) is 5.82 Å². The van der Waals surface area contributed by atoms with Gasteiger partial charge in [-0.25, -0.2) is 4.98 Å². The van der Waals surface area contributed by atoms with Crippen molar-refractivity contribution in [3.8, 4) is 39.6 Å². The van der Waals surface area contributed by atoms with Crippen molar-refractivity contribution in [2.75, 3.05) is 16.5 Å². The standard InChI is InChI=1S/C66H48N4OP.Pt/c1-65(2,3)45-36-37-67-61(38-45)70-57-33-19-30-53-62(57)63-54(66(53)51-28-11-15-34-59(51)72(4)60-35-16-12-29-52(60)66)40-48(41-58(63)70)71-47-25-17-24-46(39-47)68-42-69(56-32-14-13-31-55(56)68)64-49(43-20-7-5-8-21-43)26-18-27-50(64)44-22-9-6-10-23-44;/h5-38,40,42H,1-4H3;/q-3;. The van der Waals surface area contributed by atoms with Crippen LogP contribution in [0, 0.1) is 18.8 Å².